The number of thiophene rings is 1. The van der Waals surface area contributed by atoms with Crippen molar-refractivity contribution in [3.8, 4) is 0 Å². The largest absolute Gasteiger partial charge is 0.375 e. The van der Waals surface area contributed by atoms with Crippen LogP contribution in [0.3, 0.4) is 0 Å². The summed E-state index contributed by atoms with van der Waals surface area (Å²) in [6, 6.07) is 5.01. The summed E-state index contributed by atoms with van der Waals surface area (Å²) < 4.78 is 6.89. The molecule has 2 nitrogen and oxygen atoms in total. The van der Waals surface area contributed by atoms with Crippen molar-refractivity contribution in [2.75, 3.05) is 6.61 Å². The average Bonchev–Trinajstić information content (AvgIpc) is 2.85. The van der Waals surface area contributed by atoms with Gasteiger partial charge < -0.3 is 10.1 Å². The summed E-state index contributed by atoms with van der Waals surface area (Å²) in [6.45, 7) is 7.55. The first kappa shape index (κ1) is 15.3. The maximum absolute atomic E-state index is 6.03. The minimum Gasteiger partial charge on any atom is -0.375 e. The van der Waals surface area contributed by atoms with E-state index >= 15 is 0 Å². The Kier molecular flexibility index (Phi) is 5.29. The quantitative estimate of drug-likeness (QED) is 0.844. The van der Waals surface area contributed by atoms with E-state index in [4.69, 9.17) is 16.3 Å². The molecule has 19 heavy (non-hydrogen) atoms. The first-order chi connectivity index (χ1) is 9.08. The van der Waals surface area contributed by atoms with Crippen LogP contribution < -0.4 is 5.32 Å². The van der Waals surface area contributed by atoms with Gasteiger partial charge in [-0.1, -0.05) is 25.4 Å². The molecule has 0 bridgehead atoms. The number of hydrogen-bond acceptors (Lipinski definition) is 3. The van der Waals surface area contributed by atoms with Gasteiger partial charge in [-0.2, -0.15) is 0 Å². The van der Waals surface area contributed by atoms with Gasteiger partial charge in [0.25, 0.3) is 0 Å². The lowest BCUT2D eigenvalue weighted by molar-refractivity contribution is -0.0939. The summed E-state index contributed by atoms with van der Waals surface area (Å²) in [6.07, 6.45) is 4.41. The molecule has 1 fully saturated rings. The topological polar surface area (TPSA) is 21.3 Å². The van der Waals surface area contributed by atoms with Gasteiger partial charge in [-0.15, -0.1) is 11.3 Å². The van der Waals surface area contributed by atoms with E-state index in [0.29, 0.717) is 12.1 Å². The minimum absolute atomic E-state index is 0.0860. The number of rotatable bonds is 5. The summed E-state index contributed by atoms with van der Waals surface area (Å²) in [4.78, 5) is 1.31. The molecule has 1 aliphatic rings. The van der Waals surface area contributed by atoms with Crippen molar-refractivity contribution in [2.45, 2.75) is 64.1 Å². The number of hydrogen-bond donors (Lipinski definition) is 1. The van der Waals surface area contributed by atoms with Crippen LogP contribution in [0, 0.1) is 0 Å². The Hall–Kier alpha value is -0.0900. The zero-order valence-corrected chi connectivity index (χ0v) is 13.6. The van der Waals surface area contributed by atoms with E-state index in [-0.39, 0.29) is 5.60 Å². The second-order valence-corrected chi connectivity index (χ2v) is 7.21. The smallest absolute Gasteiger partial charge is 0.0931 e. The van der Waals surface area contributed by atoms with Crippen molar-refractivity contribution in [3.05, 3.63) is 21.3 Å². The fourth-order valence-corrected chi connectivity index (χ4v) is 3.98. The van der Waals surface area contributed by atoms with Gasteiger partial charge in [0.2, 0.25) is 0 Å². The van der Waals surface area contributed by atoms with Crippen LogP contribution in [0.1, 0.15) is 57.4 Å². The molecule has 0 amide bonds. The summed E-state index contributed by atoms with van der Waals surface area (Å²) in [5, 5.41) is 3.74. The molecule has 1 N–H and O–H groups in total. The van der Waals surface area contributed by atoms with Crippen molar-refractivity contribution in [1.29, 1.82) is 0 Å². The Bertz CT molecular complexity index is 403. The molecule has 2 unspecified atom stereocenters. The van der Waals surface area contributed by atoms with E-state index < -0.39 is 0 Å². The molecule has 0 aromatic carbocycles. The molecule has 0 aliphatic carbocycles. The Morgan fingerprint density at radius 2 is 2.21 bits per heavy atom. The van der Waals surface area contributed by atoms with Gasteiger partial charge >= 0.3 is 0 Å². The van der Waals surface area contributed by atoms with Gasteiger partial charge in [-0.3, -0.25) is 0 Å². The molecule has 1 aromatic heterocycles. The highest BCUT2D eigenvalue weighted by atomic mass is 35.5. The van der Waals surface area contributed by atoms with E-state index in [9.17, 15) is 0 Å². The number of halogens is 1. The third-order valence-corrected chi connectivity index (χ3v) is 5.70. The zero-order valence-electron chi connectivity index (χ0n) is 12.0. The van der Waals surface area contributed by atoms with Crippen molar-refractivity contribution in [1.82, 2.24) is 5.32 Å². The first-order valence-corrected chi connectivity index (χ1v) is 8.43. The predicted octanol–water partition coefficient (Wildman–Crippen LogP) is 4.79. The van der Waals surface area contributed by atoms with Gasteiger partial charge in [0.1, 0.15) is 0 Å². The lowest BCUT2D eigenvalue weighted by atomic mass is 9.85. The fourth-order valence-electron chi connectivity index (χ4n) is 2.91. The van der Waals surface area contributed by atoms with Crippen molar-refractivity contribution in [3.63, 3.8) is 0 Å². The van der Waals surface area contributed by atoms with Gasteiger partial charge in [0.05, 0.1) is 9.94 Å². The van der Waals surface area contributed by atoms with Gasteiger partial charge in [-0.25, -0.2) is 0 Å². The average molecular weight is 302 g/mol. The van der Waals surface area contributed by atoms with Crippen LogP contribution in [0.4, 0.5) is 0 Å². The van der Waals surface area contributed by atoms with E-state index in [0.717, 1.165) is 36.6 Å². The predicted molar refractivity (Wildman–Crippen MR) is 83.2 cm³/mol. The van der Waals surface area contributed by atoms with E-state index in [1.54, 1.807) is 11.3 Å². The molecular formula is C15H24ClNOS. The SMILES string of the molecule is CCC1(CC)CC(NC(C)c2ccc(Cl)s2)CCO1. The van der Waals surface area contributed by atoms with Crippen LogP contribution in [-0.2, 0) is 4.74 Å². The van der Waals surface area contributed by atoms with Crippen LogP contribution in [0.2, 0.25) is 4.34 Å². The van der Waals surface area contributed by atoms with Crippen LogP contribution >= 0.6 is 22.9 Å². The summed E-state index contributed by atoms with van der Waals surface area (Å²) in [7, 11) is 0. The second-order valence-electron chi connectivity index (χ2n) is 5.46. The Balaban J connectivity index is 1.95. The molecule has 108 valence electrons. The molecule has 2 rings (SSSR count). The maximum atomic E-state index is 6.03. The molecule has 1 aromatic rings. The molecule has 1 aliphatic heterocycles. The fraction of sp³-hybridized carbons (Fsp3) is 0.733. The van der Waals surface area contributed by atoms with E-state index in [1.807, 2.05) is 6.07 Å². The van der Waals surface area contributed by atoms with Crippen LogP contribution in [0.25, 0.3) is 0 Å². The normalized spacial score (nSPS) is 24.3. The highest BCUT2D eigenvalue weighted by molar-refractivity contribution is 7.16. The Morgan fingerprint density at radius 1 is 1.47 bits per heavy atom. The lowest BCUT2D eigenvalue weighted by Gasteiger charge is -2.41. The van der Waals surface area contributed by atoms with Crippen molar-refractivity contribution >= 4 is 22.9 Å². The monoisotopic (exact) mass is 301 g/mol. The molecule has 4 heteroatoms. The number of nitrogens with one attached hydrogen (secondary N) is 1. The van der Waals surface area contributed by atoms with Crippen molar-refractivity contribution < 1.29 is 4.74 Å². The molecular weight excluding hydrogens is 278 g/mol. The third-order valence-electron chi connectivity index (χ3n) is 4.29. The molecule has 0 spiro atoms. The number of ether oxygens (including phenoxy) is 1. The van der Waals surface area contributed by atoms with Gasteiger partial charge in [-0.05, 0) is 44.7 Å². The summed E-state index contributed by atoms with van der Waals surface area (Å²) >= 11 is 7.68. The van der Waals surface area contributed by atoms with Crippen LogP contribution in [0.5, 0.6) is 0 Å². The summed E-state index contributed by atoms with van der Waals surface area (Å²) in [5.41, 5.74) is 0.0860. The third kappa shape index (κ3) is 3.72. The Labute approximate surface area is 125 Å². The van der Waals surface area contributed by atoms with Gasteiger partial charge in [0, 0.05) is 23.6 Å². The molecule has 0 saturated carbocycles. The minimum atomic E-state index is 0.0860. The summed E-state index contributed by atoms with van der Waals surface area (Å²) in [5.74, 6) is 0. The zero-order chi connectivity index (χ0) is 13.9. The van der Waals surface area contributed by atoms with E-state index in [1.165, 1.54) is 4.88 Å². The molecule has 2 heterocycles. The standard InChI is InChI=1S/C15H24ClNOS/c1-4-15(5-2)10-12(8-9-18-15)17-11(3)13-6-7-14(16)19-13/h6-7,11-12,17H,4-5,8-10H2,1-3H3. The van der Waals surface area contributed by atoms with Crippen LogP contribution in [-0.4, -0.2) is 18.2 Å². The Morgan fingerprint density at radius 3 is 2.79 bits per heavy atom. The maximum Gasteiger partial charge on any atom is 0.0931 e. The highest BCUT2D eigenvalue weighted by Crippen LogP contribution is 2.33. The van der Waals surface area contributed by atoms with Gasteiger partial charge in [0.15, 0.2) is 0 Å². The lowest BCUT2D eigenvalue weighted by Crippen LogP contribution is -2.46. The molecule has 1 saturated heterocycles. The van der Waals surface area contributed by atoms with Crippen LogP contribution in [0.15, 0.2) is 12.1 Å². The molecule has 2 atom stereocenters. The van der Waals surface area contributed by atoms with Crippen molar-refractivity contribution in [2.24, 2.45) is 0 Å². The molecule has 0 radical (unpaired) electrons. The first-order valence-electron chi connectivity index (χ1n) is 7.24. The second kappa shape index (κ2) is 6.57. The van der Waals surface area contributed by atoms with E-state index in [2.05, 4.69) is 32.2 Å². The highest BCUT2D eigenvalue weighted by Gasteiger charge is 2.34.